The first-order chi connectivity index (χ1) is 9.60. The fraction of sp³-hybridized carbons (Fsp3) is 0.250. The molecule has 0 bridgehead atoms. The van der Waals surface area contributed by atoms with Gasteiger partial charge in [0, 0.05) is 27.0 Å². The van der Waals surface area contributed by atoms with Crippen molar-refractivity contribution in [2.45, 2.75) is 12.3 Å². The molecule has 2 rings (SSSR count). The highest BCUT2D eigenvalue weighted by molar-refractivity contribution is 9.10. The van der Waals surface area contributed by atoms with Gasteiger partial charge in [0.2, 0.25) is 0 Å². The van der Waals surface area contributed by atoms with Crippen LogP contribution in [0, 0.1) is 0 Å². The van der Waals surface area contributed by atoms with Gasteiger partial charge in [0.25, 0.3) is 0 Å². The summed E-state index contributed by atoms with van der Waals surface area (Å²) in [5.41, 5.74) is 2.42. The van der Waals surface area contributed by atoms with E-state index < -0.39 is 0 Å². The third-order valence-corrected chi connectivity index (χ3v) is 4.39. The molecule has 0 spiro atoms. The van der Waals surface area contributed by atoms with Crippen LogP contribution in [0.15, 0.2) is 46.9 Å². The summed E-state index contributed by atoms with van der Waals surface area (Å²) in [5, 5.41) is 4.66. The summed E-state index contributed by atoms with van der Waals surface area (Å²) in [6.45, 7) is 0.903. The van der Waals surface area contributed by atoms with E-state index >= 15 is 0 Å². The third-order valence-electron chi connectivity index (χ3n) is 3.27. The molecule has 0 aliphatic carbocycles. The molecule has 0 amide bonds. The monoisotopic (exact) mass is 371 g/mol. The molecule has 0 radical (unpaired) electrons. The van der Waals surface area contributed by atoms with Crippen LogP contribution in [0.1, 0.15) is 17.0 Å². The lowest BCUT2D eigenvalue weighted by Crippen LogP contribution is -2.19. The van der Waals surface area contributed by atoms with Crippen LogP contribution in [0.25, 0.3) is 0 Å². The summed E-state index contributed by atoms with van der Waals surface area (Å²) in [6.07, 6.45) is 0.887. The summed E-state index contributed by atoms with van der Waals surface area (Å²) < 4.78 is 1.09. The predicted molar refractivity (Wildman–Crippen MR) is 91.0 cm³/mol. The van der Waals surface area contributed by atoms with Crippen LogP contribution in [-0.2, 0) is 6.42 Å². The minimum atomic E-state index is 0.381. The van der Waals surface area contributed by atoms with Crippen molar-refractivity contribution in [3.05, 3.63) is 68.1 Å². The van der Waals surface area contributed by atoms with Gasteiger partial charge in [-0.3, -0.25) is 0 Å². The minimum absolute atomic E-state index is 0.381. The van der Waals surface area contributed by atoms with Crippen LogP contribution < -0.4 is 5.32 Å². The van der Waals surface area contributed by atoms with Gasteiger partial charge >= 0.3 is 0 Å². The number of nitrogens with one attached hydrogen (secondary N) is 1. The van der Waals surface area contributed by atoms with Crippen molar-refractivity contribution in [3.63, 3.8) is 0 Å². The molecule has 0 heterocycles. The summed E-state index contributed by atoms with van der Waals surface area (Å²) in [4.78, 5) is 0. The Kier molecular flexibility index (Phi) is 5.91. The molecular formula is C16H16BrCl2N. The van der Waals surface area contributed by atoms with Crippen molar-refractivity contribution in [3.8, 4) is 0 Å². The Labute approximate surface area is 138 Å². The third kappa shape index (κ3) is 4.23. The first-order valence-electron chi connectivity index (χ1n) is 6.44. The van der Waals surface area contributed by atoms with Crippen molar-refractivity contribution in [1.29, 1.82) is 0 Å². The van der Waals surface area contributed by atoms with Gasteiger partial charge in [0.1, 0.15) is 0 Å². The second kappa shape index (κ2) is 7.46. The summed E-state index contributed by atoms with van der Waals surface area (Å²) >= 11 is 15.7. The van der Waals surface area contributed by atoms with Crippen molar-refractivity contribution < 1.29 is 0 Å². The predicted octanol–water partition coefficient (Wildman–Crippen LogP) is 5.30. The van der Waals surface area contributed by atoms with Crippen LogP contribution in [0.4, 0.5) is 0 Å². The Morgan fingerprint density at radius 3 is 2.40 bits per heavy atom. The molecule has 0 aliphatic rings. The number of rotatable bonds is 5. The Morgan fingerprint density at radius 1 is 1.10 bits per heavy atom. The maximum absolute atomic E-state index is 6.27. The lowest BCUT2D eigenvalue weighted by Gasteiger charge is -2.18. The van der Waals surface area contributed by atoms with E-state index in [-0.39, 0.29) is 0 Å². The largest absolute Gasteiger partial charge is 0.319 e. The Hall–Kier alpha value is -0.540. The zero-order valence-corrected chi connectivity index (χ0v) is 14.3. The number of likely N-dealkylation sites (N-methyl/N-ethyl adjacent to an activating group) is 1. The number of halogens is 3. The molecule has 20 heavy (non-hydrogen) atoms. The van der Waals surface area contributed by atoms with Gasteiger partial charge in [0.05, 0.1) is 0 Å². The summed E-state index contributed by atoms with van der Waals surface area (Å²) in [6, 6.07) is 14.1. The van der Waals surface area contributed by atoms with E-state index in [0.717, 1.165) is 28.0 Å². The maximum Gasteiger partial charge on any atom is 0.0453 e. The van der Waals surface area contributed by atoms with Crippen molar-refractivity contribution in [2.24, 2.45) is 0 Å². The molecule has 0 aromatic heterocycles. The van der Waals surface area contributed by atoms with Crippen molar-refractivity contribution in [1.82, 2.24) is 5.32 Å². The first kappa shape index (κ1) is 15.8. The van der Waals surface area contributed by atoms with Gasteiger partial charge in [-0.1, -0.05) is 57.3 Å². The second-order valence-corrected chi connectivity index (χ2v) is 6.51. The fourth-order valence-electron chi connectivity index (χ4n) is 2.24. The quantitative estimate of drug-likeness (QED) is 0.750. The number of hydrogen-bond acceptors (Lipinski definition) is 1. The molecule has 0 saturated heterocycles. The van der Waals surface area contributed by atoms with E-state index in [1.807, 2.05) is 19.2 Å². The Morgan fingerprint density at radius 2 is 1.80 bits per heavy atom. The molecule has 2 aromatic carbocycles. The van der Waals surface area contributed by atoms with E-state index in [1.165, 1.54) is 5.56 Å². The average Bonchev–Trinajstić information content (AvgIpc) is 2.42. The Bertz CT molecular complexity index is 569. The first-order valence-corrected chi connectivity index (χ1v) is 7.99. The van der Waals surface area contributed by atoms with Gasteiger partial charge in [-0.25, -0.2) is 0 Å². The fourth-order valence-corrected chi connectivity index (χ4v) is 2.99. The highest BCUT2D eigenvalue weighted by atomic mass is 79.9. The van der Waals surface area contributed by atoms with Gasteiger partial charge < -0.3 is 5.32 Å². The smallest absolute Gasteiger partial charge is 0.0453 e. The molecule has 0 aliphatic heterocycles. The molecule has 0 saturated carbocycles. The number of hydrogen-bond donors (Lipinski definition) is 1. The van der Waals surface area contributed by atoms with Crippen LogP contribution in [0.3, 0.4) is 0 Å². The standard InChI is InChI=1S/C16H16BrCl2N/c1-20-10-13(11-2-5-14(17)6-3-11)8-12-4-7-15(18)9-16(12)19/h2-7,9,13,20H,8,10H2,1H3. The zero-order valence-electron chi connectivity index (χ0n) is 11.2. The molecule has 1 unspecified atom stereocenters. The summed E-state index contributed by atoms with van der Waals surface area (Å²) in [5.74, 6) is 0.381. The van der Waals surface area contributed by atoms with E-state index in [9.17, 15) is 0 Å². The number of benzene rings is 2. The molecule has 4 heteroatoms. The normalized spacial score (nSPS) is 12.4. The molecule has 2 aromatic rings. The second-order valence-electron chi connectivity index (χ2n) is 4.75. The highest BCUT2D eigenvalue weighted by Crippen LogP contribution is 2.27. The SMILES string of the molecule is CNCC(Cc1ccc(Cl)cc1Cl)c1ccc(Br)cc1. The van der Waals surface area contributed by atoms with Crippen LogP contribution >= 0.6 is 39.1 Å². The molecule has 1 nitrogen and oxygen atoms in total. The van der Waals surface area contributed by atoms with E-state index in [4.69, 9.17) is 23.2 Å². The van der Waals surface area contributed by atoms with Gasteiger partial charge in [-0.2, -0.15) is 0 Å². The molecular weight excluding hydrogens is 357 g/mol. The van der Waals surface area contributed by atoms with Gasteiger partial charge in [-0.15, -0.1) is 0 Å². The molecule has 1 atom stereocenters. The molecule has 0 fully saturated rings. The Balaban J connectivity index is 2.22. The topological polar surface area (TPSA) is 12.0 Å². The lowest BCUT2D eigenvalue weighted by atomic mass is 9.92. The van der Waals surface area contributed by atoms with Crippen molar-refractivity contribution in [2.75, 3.05) is 13.6 Å². The van der Waals surface area contributed by atoms with Crippen LogP contribution in [0.5, 0.6) is 0 Å². The maximum atomic E-state index is 6.27. The zero-order chi connectivity index (χ0) is 14.5. The van der Waals surface area contributed by atoms with Crippen LogP contribution in [-0.4, -0.2) is 13.6 Å². The molecule has 1 N–H and O–H groups in total. The van der Waals surface area contributed by atoms with Gasteiger partial charge in [0.15, 0.2) is 0 Å². The van der Waals surface area contributed by atoms with E-state index in [0.29, 0.717) is 10.9 Å². The minimum Gasteiger partial charge on any atom is -0.319 e. The van der Waals surface area contributed by atoms with Gasteiger partial charge in [-0.05, 0) is 48.9 Å². The lowest BCUT2D eigenvalue weighted by molar-refractivity contribution is 0.626. The molecule has 106 valence electrons. The van der Waals surface area contributed by atoms with E-state index in [2.05, 4.69) is 45.5 Å². The highest BCUT2D eigenvalue weighted by Gasteiger charge is 2.13. The van der Waals surface area contributed by atoms with Crippen molar-refractivity contribution >= 4 is 39.1 Å². The average molecular weight is 373 g/mol. The van der Waals surface area contributed by atoms with E-state index in [1.54, 1.807) is 6.07 Å². The van der Waals surface area contributed by atoms with Crippen LogP contribution in [0.2, 0.25) is 10.0 Å². The summed E-state index contributed by atoms with van der Waals surface area (Å²) in [7, 11) is 1.97.